The van der Waals surface area contributed by atoms with Crippen molar-refractivity contribution in [2.45, 2.75) is 13.1 Å². The topological polar surface area (TPSA) is 64.3 Å². The second-order valence-corrected chi connectivity index (χ2v) is 6.09. The van der Waals surface area contributed by atoms with E-state index in [2.05, 4.69) is 15.9 Å². The molecule has 3 N–H and O–H groups in total. The predicted octanol–water partition coefficient (Wildman–Crippen LogP) is 2.34. The lowest BCUT2D eigenvalue weighted by Crippen LogP contribution is -2.38. The summed E-state index contributed by atoms with van der Waals surface area (Å²) >= 11 is 3.41. The summed E-state index contributed by atoms with van der Waals surface area (Å²) in [6.07, 6.45) is 0. The molecule has 0 aliphatic rings. The van der Waals surface area contributed by atoms with Crippen LogP contribution in [-0.4, -0.2) is 22.9 Å². The first kappa shape index (κ1) is 15.8. The number of rotatable bonds is 6. The van der Waals surface area contributed by atoms with Gasteiger partial charge in [0.2, 0.25) is 0 Å². The number of nitrogen functional groups attached to an aromatic ring is 1. The van der Waals surface area contributed by atoms with Gasteiger partial charge < -0.3 is 9.84 Å². The number of aliphatic hydroxyl groups is 1. The Labute approximate surface area is 143 Å². The Hall–Kier alpha value is -2.05. The van der Waals surface area contributed by atoms with Crippen LogP contribution in [0, 0.1) is 0 Å². The SMILES string of the molecule is Nc1n(CCOc2ccc(Br)cc2)c2ccccc2[n+]1CCO. The highest BCUT2D eigenvalue weighted by Crippen LogP contribution is 2.18. The minimum absolute atomic E-state index is 0.0538. The quantitative estimate of drug-likeness (QED) is 0.649. The van der Waals surface area contributed by atoms with E-state index in [1.54, 1.807) is 0 Å². The smallest absolute Gasteiger partial charge is 0.356 e. The zero-order valence-electron chi connectivity index (χ0n) is 12.7. The number of nitrogens with zero attached hydrogens (tertiary/aromatic N) is 2. The first-order valence-electron chi connectivity index (χ1n) is 7.46. The predicted molar refractivity (Wildman–Crippen MR) is 93.3 cm³/mol. The third kappa shape index (κ3) is 3.33. The maximum Gasteiger partial charge on any atom is 0.356 e. The van der Waals surface area contributed by atoms with Crippen LogP contribution in [0.25, 0.3) is 11.0 Å². The number of anilines is 1. The molecule has 0 saturated heterocycles. The molecule has 5 nitrogen and oxygen atoms in total. The van der Waals surface area contributed by atoms with Gasteiger partial charge in [-0.25, -0.2) is 9.13 Å². The summed E-state index contributed by atoms with van der Waals surface area (Å²) in [6, 6.07) is 15.7. The first-order chi connectivity index (χ1) is 11.2. The number of imidazole rings is 1. The van der Waals surface area contributed by atoms with Crippen LogP contribution >= 0.6 is 15.9 Å². The molecule has 6 heteroatoms. The number of para-hydroxylation sites is 2. The van der Waals surface area contributed by atoms with Gasteiger partial charge in [-0.2, -0.15) is 0 Å². The third-order valence-electron chi connectivity index (χ3n) is 3.74. The van der Waals surface area contributed by atoms with Gasteiger partial charge >= 0.3 is 5.95 Å². The largest absolute Gasteiger partial charge is 0.490 e. The van der Waals surface area contributed by atoms with Crippen LogP contribution < -0.4 is 15.0 Å². The highest BCUT2D eigenvalue weighted by Gasteiger charge is 2.19. The molecule has 0 bridgehead atoms. The van der Waals surface area contributed by atoms with E-state index < -0.39 is 0 Å². The highest BCUT2D eigenvalue weighted by molar-refractivity contribution is 9.10. The number of nitrogens with two attached hydrogens (primary N) is 1. The Morgan fingerprint density at radius 1 is 1.13 bits per heavy atom. The molecule has 0 aliphatic carbocycles. The molecule has 0 aliphatic heterocycles. The van der Waals surface area contributed by atoms with Gasteiger partial charge in [-0.15, -0.1) is 0 Å². The first-order valence-corrected chi connectivity index (χ1v) is 8.26. The average molecular weight is 377 g/mol. The van der Waals surface area contributed by atoms with Gasteiger partial charge in [-0.1, -0.05) is 28.1 Å². The van der Waals surface area contributed by atoms with Gasteiger partial charge in [0.1, 0.15) is 29.9 Å². The fourth-order valence-corrected chi connectivity index (χ4v) is 2.93. The second kappa shape index (κ2) is 7.02. The fourth-order valence-electron chi connectivity index (χ4n) is 2.67. The summed E-state index contributed by atoms with van der Waals surface area (Å²) in [7, 11) is 0. The van der Waals surface area contributed by atoms with Crippen molar-refractivity contribution in [2.75, 3.05) is 18.9 Å². The van der Waals surface area contributed by atoms with E-state index in [0.29, 0.717) is 25.6 Å². The molecule has 0 radical (unpaired) electrons. The minimum Gasteiger partial charge on any atom is -0.490 e. The lowest BCUT2D eigenvalue weighted by atomic mass is 10.3. The molecule has 1 heterocycles. The standard InChI is InChI=1S/C17H18BrN3O2/c18-13-5-7-14(8-6-13)23-12-10-21-16-4-2-1-3-15(16)20(9-11-22)17(21)19/h1-8,19,22H,9-12H2/p+1. The lowest BCUT2D eigenvalue weighted by Gasteiger charge is -2.06. The molecule has 0 fully saturated rings. The number of aliphatic hydroxyl groups excluding tert-OH is 1. The normalized spacial score (nSPS) is 11.0. The van der Waals surface area contributed by atoms with Crippen molar-refractivity contribution >= 4 is 32.9 Å². The maximum atomic E-state index is 9.25. The van der Waals surface area contributed by atoms with Crippen molar-refractivity contribution in [3.63, 3.8) is 0 Å². The summed E-state index contributed by atoms with van der Waals surface area (Å²) in [4.78, 5) is 0. The Balaban J connectivity index is 1.79. The zero-order chi connectivity index (χ0) is 16.2. The van der Waals surface area contributed by atoms with Gasteiger partial charge in [0, 0.05) is 4.47 Å². The van der Waals surface area contributed by atoms with E-state index in [1.165, 1.54) is 0 Å². The number of ether oxygens (including phenoxy) is 1. The molecule has 3 aromatic rings. The molecule has 3 rings (SSSR count). The maximum absolute atomic E-state index is 9.25. The number of hydrogen-bond acceptors (Lipinski definition) is 3. The van der Waals surface area contributed by atoms with Gasteiger partial charge in [0.15, 0.2) is 0 Å². The van der Waals surface area contributed by atoms with Crippen molar-refractivity contribution in [3.05, 3.63) is 53.0 Å². The summed E-state index contributed by atoms with van der Waals surface area (Å²) in [5, 5.41) is 9.25. The van der Waals surface area contributed by atoms with E-state index in [9.17, 15) is 5.11 Å². The van der Waals surface area contributed by atoms with E-state index in [1.807, 2.05) is 57.7 Å². The summed E-state index contributed by atoms with van der Waals surface area (Å²) < 4.78 is 10.7. The monoisotopic (exact) mass is 376 g/mol. The minimum atomic E-state index is 0.0538. The van der Waals surface area contributed by atoms with Crippen molar-refractivity contribution in [1.82, 2.24) is 4.57 Å². The van der Waals surface area contributed by atoms with Crippen LogP contribution in [0.2, 0.25) is 0 Å². The van der Waals surface area contributed by atoms with Gasteiger partial charge in [0.25, 0.3) is 0 Å². The van der Waals surface area contributed by atoms with Crippen LogP contribution in [0.15, 0.2) is 53.0 Å². The number of hydrogen-bond donors (Lipinski definition) is 2. The van der Waals surface area contributed by atoms with Crippen molar-refractivity contribution < 1.29 is 14.4 Å². The van der Waals surface area contributed by atoms with Crippen molar-refractivity contribution in [3.8, 4) is 5.75 Å². The Morgan fingerprint density at radius 2 is 1.87 bits per heavy atom. The van der Waals surface area contributed by atoms with Crippen LogP contribution in [0.4, 0.5) is 5.95 Å². The molecular formula is C17H19BrN3O2+. The van der Waals surface area contributed by atoms with Crippen LogP contribution in [-0.2, 0) is 13.1 Å². The number of fused-ring (bicyclic) bond motifs is 1. The van der Waals surface area contributed by atoms with E-state index in [-0.39, 0.29) is 6.61 Å². The summed E-state index contributed by atoms with van der Waals surface area (Å²) in [5.41, 5.74) is 8.31. The number of aromatic nitrogens is 2. The average Bonchev–Trinajstić information content (AvgIpc) is 2.83. The molecule has 2 aromatic carbocycles. The summed E-state index contributed by atoms with van der Waals surface area (Å²) in [6.45, 7) is 1.69. The van der Waals surface area contributed by atoms with Gasteiger partial charge in [-0.3, -0.25) is 5.73 Å². The second-order valence-electron chi connectivity index (χ2n) is 5.18. The van der Waals surface area contributed by atoms with Crippen LogP contribution in [0.3, 0.4) is 0 Å². The van der Waals surface area contributed by atoms with Gasteiger partial charge in [0.05, 0.1) is 13.2 Å². The number of halogens is 1. The fraction of sp³-hybridized carbons (Fsp3) is 0.235. The summed E-state index contributed by atoms with van der Waals surface area (Å²) in [5.74, 6) is 1.45. The van der Waals surface area contributed by atoms with Gasteiger partial charge in [-0.05, 0) is 36.4 Å². The van der Waals surface area contributed by atoms with Crippen LogP contribution in [0.5, 0.6) is 5.75 Å². The Bertz CT molecular complexity index is 799. The van der Waals surface area contributed by atoms with Crippen molar-refractivity contribution in [2.24, 2.45) is 0 Å². The van der Waals surface area contributed by atoms with E-state index in [0.717, 1.165) is 21.3 Å². The molecule has 0 spiro atoms. The molecule has 0 amide bonds. The molecule has 0 atom stereocenters. The molecule has 23 heavy (non-hydrogen) atoms. The molecule has 1 aromatic heterocycles. The molecular weight excluding hydrogens is 358 g/mol. The third-order valence-corrected chi connectivity index (χ3v) is 4.27. The van der Waals surface area contributed by atoms with Crippen LogP contribution in [0.1, 0.15) is 0 Å². The molecule has 0 unspecified atom stereocenters. The lowest BCUT2D eigenvalue weighted by molar-refractivity contribution is -0.658. The van der Waals surface area contributed by atoms with Crippen molar-refractivity contribution in [1.29, 1.82) is 0 Å². The van der Waals surface area contributed by atoms with E-state index >= 15 is 0 Å². The molecule has 0 saturated carbocycles. The molecule has 120 valence electrons. The Morgan fingerprint density at radius 3 is 2.61 bits per heavy atom. The number of benzene rings is 2. The van der Waals surface area contributed by atoms with E-state index in [4.69, 9.17) is 10.5 Å². The zero-order valence-corrected chi connectivity index (χ0v) is 14.2. The highest BCUT2D eigenvalue weighted by atomic mass is 79.9. The Kier molecular flexibility index (Phi) is 4.83.